The van der Waals surface area contributed by atoms with E-state index in [2.05, 4.69) is 20.3 Å². The van der Waals surface area contributed by atoms with E-state index in [0.29, 0.717) is 24.2 Å². The van der Waals surface area contributed by atoms with Crippen LogP contribution in [0.25, 0.3) is 11.0 Å². The lowest BCUT2D eigenvalue weighted by molar-refractivity contribution is -0.122. The molecule has 0 radical (unpaired) electrons. The number of piperidine rings is 1. The standard InChI is InChI=1S/C25H32FN5O3/c1-15-19(25(33)28-24-23(15)16(2)29-30(24)3)6-8-22(32)27-18-9-11-31(12-10-18)14-17-5-7-21(34-4)20(26)13-17/h5,7,13,18H,6,8-12,14H2,1-4H3,(H,27,32)(H,28,33). The minimum absolute atomic E-state index is 0.0440. The van der Waals surface area contributed by atoms with Gasteiger partial charge in [-0.1, -0.05) is 6.07 Å². The van der Waals surface area contributed by atoms with E-state index in [1.54, 1.807) is 17.8 Å². The smallest absolute Gasteiger partial charge is 0.253 e. The Morgan fingerprint density at radius 1 is 1.29 bits per heavy atom. The molecule has 3 aromatic rings. The fraction of sp³-hybridized carbons (Fsp3) is 0.480. The predicted octanol–water partition coefficient (Wildman–Crippen LogP) is 2.74. The number of aromatic nitrogens is 3. The van der Waals surface area contributed by atoms with Crippen LogP contribution in [0.5, 0.6) is 5.75 Å². The number of hydrogen-bond donors (Lipinski definition) is 2. The lowest BCUT2D eigenvalue weighted by Gasteiger charge is -2.32. The number of pyridine rings is 1. The molecular weight excluding hydrogens is 437 g/mol. The van der Waals surface area contributed by atoms with E-state index in [-0.39, 0.29) is 35.5 Å². The van der Waals surface area contributed by atoms with E-state index in [1.165, 1.54) is 13.2 Å². The fourth-order valence-corrected chi connectivity index (χ4v) is 4.90. The molecule has 1 fully saturated rings. The highest BCUT2D eigenvalue weighted by molar-refractivity contribution is 5.83. The van der Waals surface area contributed by atoms with Crippen molar-refractivity contribution in [1.29, 1.82) is 0 Å². The topological polar surface area (TPSA) is 92.2 Å². The number of nitrogens with zero attached hydrogens (tertiary/aromatic N) is 3. The van der Waals surface area contributed by atoms with Gasteiger partial charge in [-0.05, 0) is 56.4 Å². The Morgan fingerprint density at radius 2 is 2.03 bits per heavy atom. The molecule has 9 heteroatoms. The minimum Gasteiger partial charge on any atom is -0.494 e. The summed E-state index contributed by atoms with van der Waals surface area (Å²) in [6.07, 6.45) is 2.33. The third-order valence-electron chi connectivity index (χ3n) is 6.73. The zero-order valence-corrected chi connectivity index (χ0v) is 20.2. The zero-order valence-electron chi connectivity index (χ0n) is 20.2. The molecule has 1 amide bonds. The highest BCUT2D eigenvalue weighted by atomic mass is 19.1. The number of carbonyl (C=O) groups is 1. The first-order valence-corrected chi connectivity index (χ1v) is 11.7. The van der Waals surface area contributed by atoms with Crippen LogP contribution in [0.15, 0.2) is 23.0 Å². The summed E-state index contributed by atoms with van der Waals surface area (Å²) in [5.74, 6) is -0.149. The van der Waals surface area contributed by atoms with Crippen molar-refractivity contribution in [3.05, 3.63) is 56.8 Å². The maximum Gasteiger partial charge on any atom is 0.253 e. The van der Waals surface area contributed by atoms with Crippen LogP contribution in [0.3, 0.4) is 0 Å². The maximum atomic E-state index is 13.9. The van der Waals surface area contributed by atoms with Crippen molar-refractivity contribution in [2.45, 2.75) is 52.1 Å². The number of carbonyl (C=O) groups excluding carboxylic acids is 1. The molecule has 0 unspecified atom stereocenters. The van der Waals surface area contributed by atoms with Gasteiger partial charge in [-0.2, -0.15) is 5.10 Å². The molecule has 0 aliphatic carbocycles. The van der Waals surface area contributed by atoms with Crippen molar-refractivity contribution in [2.24, 2.45) is 7.05 Å². The van der Waals surface area contributed by atoms with E-state index in [9.17, 15) is 14.0 Å². The van der Waals surface area contributed by atoms with Crippen LogP contribution in [0.1, 0.15) is 41.6 Å². The number of ether oxygens (including phenoxy) is 1. The van der Waals surface area contributed by atoms with E-state index < -0.39 is 0 Å². The Hall–Kier alpha value is -3.20. The molecule has 1 saturated heterocycles. The largest absolute Gasteiger partial charge is 0.494 e. The van der Waals surface area contributed by atoms with Gasteiger partial charge in [0.1, 0.15) is 5.65 Å². The molecular formula is C25H32FN5O3. The van der Waals surface area contributed by atoms with Crippen molar-refractivity contribution in [3.63, 3.8) is 0 Å². The summed E-state index contributed by atoms with van der Waals surface area (Å²) in [6.45, 7) is 6.16. The van der Waals surface area contributed by atoms with Crippen LogP contribution in [0, 0.1) is 19.7 Å². The number of benzene rings is 1. The summed E-state index contributed by atoms with van der Waals surface area (Å²) in [4.78, 5) is 30.4. The molecule has 0 atom stereocenters. The molecule has 0 bridgehead atoms. The fourth-order valence-electron chi connectivity index (χ4n) is 4.90. The molecule has 1 aliphatic heterocycles. The number of aromatic amines is 1. The van der Waals surface area contributed by atoms with Crippen LogP contribution >= 0.6 is 0 Å². The Kier molecular flexibility index (Phi) is 7.02. The number of amides is 1. The van der Waals surface area contributed by atoms with E-state index in [4.69, 9.17) is 4.74 Å². The van der Waals surface area contributed by atoms with Crippen LogP contribution in [0.2, 0.25) is 0 Å². The quantitative estimate of drug-likeness (QED) is 0.555. The van der Waals surface area contributed by atoms with E-state index in [1.807, 2.05) is 19.9 Å². The molecule has 8 nitrogen and oxygen atoms in total. The van der Waals surface area contributed by atoms with Crippen LogP contribution in [-0.2, 0) is 24.8 Å². The summed E-state index contributed by atoms with van der Waals surface area (Å²) in [5, 5.41) is 8.45. The summed E-state index contributed by atoms with van der Waals surface area (Å²) in [5.41, 5.74) is 3.84. The second kappa shape index (κ2) is 9.97. The lowest BCUT2D eigenvalue weighted by atomic mass is 10.0. The van der Waals surface area contributed by atoms with Crippen molar-refractivity contribution in [2.75, 3.05) is 20.2 Å². The second-order valence-corrected chi connectivity index (χ2v) is 9.08. The van der Waals surface area contributed by atoms with Gasteiger partial charge in [-0.15, -0.1) is 0 Å². The monoisotopic (exact) mass is 469 g/mol. The molecule has 0 saturated carbocycles. The molecule has 1 aliphatic rings. The van der Waals surface area contributed by atoms with Crippen LogP contribution in [0.4, 0.5) is 4.39 Å². The van der Waals surface area contributed by atoms with Gasteiger partial charge in [0.15, 0.2) is 11.6 Å². The number of fused-ring (bicyclic) bond motifs is 1. The number of H-pyrrole nitrogens is 1. The number of likely N-dealkylation sites (tertiary alicyclic amines) is 1. The molecule has 4 rings (SSSR count). The predicted molar refractivity (Wildman–Crippen MR) is 129 cm³/mol. The first-order valence-electron chi connectivity index (χ1n) is 11.7. The molecule has 182 valence electrons. The molecule has 3 heterocycles. The van der Waals surface area contributed by atoms with Gasteiger partial charge >= 0.3 is 0 Å². The van der Waals surface area contributed by atoms with Crippen molar-refractivity contribution < 1.29 is 13.9 Å². The number of nitrogens with one attached hydrogen (secondary N) is 2. The molecule has 2 N–H and O–H groups in total. The Balaban J connectivity index is 1.28. The van der Waals surface area contributed by atoms with Gasteiger partial charge in [-0.25, -0.2) is 4.39 Å². The average Bonchev–Trinajstić information content (AvgIpc) is 3.08. The highest BCUT2D eigenvalue weighted by Gasteiger charge is 2.22. The van der Waals surface area contributed by atoms with Gasteiger partial charge < -0.3 is 15.0 Å². The summed E-state index contributed by atoms with van der Waals surface area (Å²) >= 11 is 0. The van der Waals surface area contributed by atoms with Crippen LogP contribution < -0.4 is 15.6 Å². The first kappa shape index (κ1) is 23.9. The maximum absolute atomic E-state index is 13.9. The van der Waals surface area contributed by atoms with Crippen molar-refractivity contribution in [3.8, 4) is 5.75 Å². The van der Waals surface area contributed by atoms with Crippen LogP contribution in [-0.4, -0.2) is 51.8 Å². The third-order valence-corrected chi connectivity index (χ3v) is 6.73. The van der Waals surface area contributed by atoms with Crippen molar-refractivity contribution in [1.82, 2.24) is 25.0 Å². The lowest BCUT2D eigenvalue weighted by Crippen LogP contribution is -2.44. The third kappa shape index (κ3) is 4.99. The normalized spacial score (nSPS) is 15.1. The average molecular weight is 470 g/mol. The van der Waals surface area contributed by atoms with E-state index in [0.717, 1.165) is 48.1 Å². The van der Waals surface area contributed by atoms with Gasteiger partial charge in [0, 0.05) is 50.1 Å². The van der Waals surface area contributed by atoms with Gasteiger partial charge in [0.2, 0.25) is 5.91 Å². The summed E-state index contributed by atoms with van der Waals surface area (Å²) in [7, 11) is 3.26. The number of methoxy groups -OCH3 is 1. The first-order chi connectivity index (χ1) is 16.3. The van der Waals surface area contributed by atoms with E-state index >= 15 is 0 Å². The molecule has 2 aromatic heterocycles. The number of rotatable bonds is 7. The highest BCUT2D eigenvalue weighted by Crippen LogP contribution is 2.22. The molecule has 0 spiro atoms. The molecule has 34 heavy (non-hydrogen) atoms. The number of aryl methyl sites for hydroxylation is 3. The van der Waals surface area contributed by atoms with Gasteiger partial charge in [-0.3, -0.25) is 19.2 Å². The molecule has 1 aromatic carbocycles. The Bertz CT molecular complexity index is 1260. The number of hydrogen-bond acceptors (Lipinski definition) is 5. The minimum atomic E-state index is -0.353. The SMILES string of the molecule is COc1ccc(CN2CCC(NC(=O)CCc3c(C)c4c(C)nn(C)c4[nH]c3=O)CC2)cc1F. The van der Waals surface area contributed by atoms with Gasteiger partial charge in [0.25, 0.3) is 5.56 Å². The van der Waals surface area contributed by atoms with Gasteiger partial charge in [0.05, 0.1) is 12.8 Å². The zero-order chi connectivity index (χ0) is 24.4. The number of halogens is 1. The summed E-state index contributed by atoms with van der Waals surface area (Å²) in [6, 6.07) is 5.15. The Labute approximate surface area is 198 Å². The Morgan fingerprint density at radius 3 is 2.71 bits per heavy atom. The van der Waals surface area contributed by atoms with Crippen molar-refractivity contribution >= 4 is 16.9 Å². The second-order valence-electron chi connectivity index (χ2n) is 9.08. The summed E-state index contributed by atoms with van der Waals surface area (Å²) < 4.78 is 20.6.